The summed E-state index contributed by atoms with van der Waals surface area (Å²) >= 11 is 1.68. The molecule has 5 heteroatoms. The predicted octanol–water partition coefficient (Wildman–Crippen LogP) is 5.51. The van der Waals surface area contributed by atoms with Gasteiger partial charge in [0.15, 0.2) is 0 Å². The molecule has 3 aromatic carbocycles. The summed E-state index contributed by atoms with van der Waals surface area (Å²) in [6, 6.07) is 24.0. The van der Waals surface area contributed by atoms with Crippen LogP contribution >= 0.6 is 11.8 Å². The fraction of sp³-hybridized carbons (Fsp3) is 0.160. The zero-order chi connectivity index (χ0) is 20.5. The molecule has 0 spiro atoms. The van der Waals surface area contributed by atoms with Crippen LogP contribution in [-0.2, 0) is 11.2 Å². The van der Waals surface area contributed by atoms with Gasteiger partial charge in [-0.25, -0.2) is 4.79 Å². The van der Waals surface area contributed by atoms with Crippen LogP contribution in [0.25, 0.3) is 16.6 Å². The Bertz CT molecular complexity index is 1220. The van der Waals surface area contributed by atoms with Crippen molar-refractivity contribution in [3.63, 3.8) is 0 Å². The number of methoxy groups -OCH3 is 1. The van der Waals surface area contributed by atoms with Gasteiger partial charge in [-0.15, -0.1) is 11.8 Å². The molecule has 1 atom stereocenters. The van der Waals surface area contributed by atoms with Crippen molar-refractivity contribution in [2.45, 2.75) is 17.4 Å². The Hall–Kier alpha value is -3.18. The van der Waals surface area contributed by atoms with Gasteiger partial charge in [-0.05, 0) is 48.0 Å². The van der Waals surface area contributed by atoms with E-state index in [0.29, 0.717) is 17.7 Å². The molecule has 0 saturated heterocycles. The number of hydrogen-bond donors (Lipinski definition) is 0. The fourth-order valence-corrected chi connectivity index (χ4v) is 4.91. The van der Waals surface area contributed by atoms with Gasteiger partial charge < -0.3 is 14.0 Å². The van der Waals surface area contributed by atoms with Crippen LogP contribution in [0.4, 0.5) is 0 Å². The van der Waals surface area contributed by atoms with Crippen molar-refractivity contribution in [1.82, 2.24) is 4.57 Å². The number of nitrogens with zero attached hydrogens (tertiary/aromatic N) is 1. The smallest absolute Gasteiger partial charge is 0.339 e. The zero-order valence-corrected chi connectivity index (χ0v) is 17.4. The second-order valence-electron chi connectivity index (χ2n) is 7.28. The van der Waals surface area contributed by atoms with Gasteiger partial charge in [0, 0.05) is 34.3 Å². The second kappa shape index (κ2) is 7.92. The van der Waals surface area contributed by atoms with Crippen LogP contribution in [-0.4, -0.2) is 29.5 Å². The molecule has 0 fully saturated rings. The minimum absolute atomic E-state index is 0.198. The van der Waals surface area contributed by atoms with Gasteiger partial charge in [-0.1, -0.05) is 30.3 Å². The summed E-state index contributed by atoms with van der Waals surface area (Å²) in [6.45, 7) is 0. The average molecular weight is 416 g/mol. The minimum Gasteiger partial charge on any atom is -0.497 e. The summed E-state index contributed by atoms with van der Waals surface area (Å²) in [5.74, 6) is 1.26. The van der Waals surface area contributed by atoms with Crippen molar-refractivity contribution < 1.29 is 14.3 Å². The quantitative estimate of drug-likeness (QED) is 0.318. The molecule has 1 unspecified atom stereocenters. The molecular formula is C25H21NO3S. The van der Waals surface area contributed by atoms with E-state index in [-0.39, 0.29) is 12.1 Å². The predicted molar refractivity (Wildman–Crippen MR) is 120 cm³/mol. The number of para-hydroxylation sites is 1. The monoisotopic (exact) mass is 415 g/mol. The highest BCUT2D eigenvalue weighted by atomic mass is 32.2. The van der Waals surface area contributed by atoms with E-state index in [9.17, 15) is 4.79 Å². The minimum atomic E-state index is -0.249. The van der Waals surface area contributed by atoms with E-state index in [1.165, 1.54) is 0 Å². The van der Waals surface area contributed by atoms with Crippen molar-refractivity contribution >= 4 is 28.6 Å². The number of esters is 1. The van der Waals surface area contributed by atoms with E-state index in [1.54, 1.807) is 18.9 Å². The third-order valence-corrected chi connectivity index (χ3v) is 6.49. The summed E-state index contributed by atoms with van der Waals surface area (Å²) in [5.41, 5.74) is 3.91. The van der Waals surface area contributed by atoms with Gasteiger partial charge in [-0.3, -0.25) is 0 Å². The summed E-state index contributed by atoms with van der Waals surface area (Å²) in [6.07, 6.45) is 2.64. The van der Waals surface area contributed by atoms with E-state index >= 15 is 0 Å². The van der Waals surface area contributed by atoms with Crippen molar-refractivity contribution in [3.05, 3.63) is 90.1 Å². The van der Waals surface area contributed by atoms with E-state index in [4.69, 9.17) is 9.47 Å². The molecule has 0 bridgehead atoms. The molecule has 0 saturated carbocycles. The maximum atomic E-state index is 12.9. The number of aromatic nitrogens is 1. The first-order valence-electron chi connectivity index (χ1n) is 9.89. The summed E-state index contributed by atoms with van der Waals surface area (Å²) in [5, 5.41) is 1.00. The van der Waals surface area contributed by atoms with Gasteiger partial charge in [0.1, 0.15) is 11.9 Å². The maximum Gasteiger partial charge on any atom is 0.339 e. The highest BCUT2D eigenvalue weighted by Crippen LogP contribution is 2.34. The number of rotatable bonds is 5. The Balaban J connectivity index is 1.47. The number of cyclic esters (lactones) is 1. The van der Waals surface area contributed by atoms with Crippen molar-refractivity contribution in [3.8, 4) is 11.4 Å². The Morgan fingerprint density at radius 3 is 2.73 bits per heavy atom. The number of thioether (sulfide) groups is 1. The molecule has 5 rings (SSSR count). The molecule has 2 heterocycles. The molecule has 4 nitrogen and oxygen atoms in total. The van der Waals surface area contributed by atoms with E-state index in [1.807, 2.05) is 54.6 Å². The average Bonchev–Trinajstić information content (AvgIpc) is 3.09. The number of hydrogen-bond acceptors (Lipinski definition) is 4. The lowest BCUT2D eigenvalue weighted by Gasteiger charge is -2.15. The highest BCUT2D eigenvalue weighted by molar-refractivity contribution is 7.99. The van der Waals surface area contributed by atoms with Crippen molar-refractivity contribution in [2.75, 3.05) is 12.9 Å². The van der Waals surface area contributed by atoms with Crippen LogP contribution in [0.15, 0.2) is 83.9 Å². The highest BCUT2D eigenvalue weighted by Gasteiger charge is 2.27. The molecule has 1 aliphatic heterocycles. The van der Waals surface area contributed by atoms with E-state index in [0.717, 1.165) is 32.8 Å². The molecule has 0 amide bonds. The lowest BCUT2D eigenvalue weighted by molar-refractivity contribution is 0.0363. The Morgan fingerprint density at radius 1 is 1.07 bits per heavy atom. The van der Waals surface area contributed by atoms with E-state index in [2.05, 4.69) is 29.0 Å². The van der Waals surface area contributed by atoms with Crippen molar-refractivity contribution in [2.24, 2.45) is 0 Å². The number of carbonyl (C=O) groups is 1. The molecule has 0 radical (unpaired) electrons. The third-order valence-electron chi connectivity index (χ3n) is 5.36. The maximum absolute atomic E-state index is 12.9. The summed E-state index contributed by atoms with van der Waals surface area (Å²) < 4.78 is 13.3. The zero-order valence-electron chi connectivity index (χ0n) is 16.6. The lowest BCUT2D eigenvalue weighted by Crippen LogP contribution is -2.21. The van der Waals surface area contributed by atoms with Gasteiger partial charge in [0.2, 0.25) is 0 Å². The van der Waals surface area contributed by atoms with Crippen LogP contribution in [0, 0.1) is 0 Å². The SMILES string of the molecule is COc1cccc(SCC2Cc3cn(-c4ccccc4)c4cccc(c34)C(=O)O2)c1. The Morgan fingerprint density at radius 2 is 1.90 bits per heavy atom. The van der Waals surface area contributed by atoms with Crippen LogP contribution in [0.2, 0.25) is 0 Å². The standard InChI is InChI=1S/C25H21NO3S/c1-28-19-9-5-10-21(14-19)30-16-20-13-17-15-26(18-7-3-2-4-8-18)23-12-6-11-22(24(17)23)25(27)29-20/h2-12,14-15,20H,13,16H2,1H3. The molecule has 0 N–H and O–H groups in total. The Kier molecular flexibility index (Phi) is 4.97. The molecule has 0 aliphatic carbocycles. The van der Waals surface area contributed by atoms with Gasteiger partial charge in [0.25, 0.3) is 0 Å². The third kappa shape index (κ3) is 3.46. The van der Waals surface area contributed by atoms with Gasteiger partial charge in [0.05, 0.1) is 18.2 Å². The molecule has 30 heavy (non-hydrogen) atoms. The number of benzene rings is 3. The molecule has 150 valence electrons. The van der Waals surface area contributed by atoms with Crippen molar-refractivity contribution in [1.29, 1.82) is 0 Å². The van der Waals surface area contributed by atoms with E-state index < -0.39 is 0 Å². The summed E-state index contributed by atoms with van der Waals surface area (Å²) in [4.78, 5) is 14.0. The van der Waals surface area contributed by atoms with Gasteiger partial charge >= 0.3 is 5.97 Å². The first-order chi connectivity index (χ1) is 14.7. The van der Waals surface area contributed by atoms with Gasteiger partial charge in [-0.2, -0.15) is 0 Å². The van der Waals surface area contributed by atoms with Crippen LogP contribution in [0.3, 0.4) is 0 Å². The molecule has 1 aliphatic rings. The largest absolute Gasteiger partial charge is 0.497 e. The van der Waals surface area contributed by atoms with Crippen LogP contribution < -0.4 is 4.74 Å². The lowest BCUT2D eigenvalue weighted by atomic mass is 10.0. The molecule has 4 aromatic rings. The number of carbonyl (C=O) groups excluding carboxylic acids is 1. The molecule has 1 aromatic heterocycles. The molecular weight excluding hydrogens is 394 g/mol. The second-order valence-corrected chi connectivity index (χ2v) is 8.37. The van der Waals surface area contributed by atoms with Crippen LogP contribution in [0.5, 0.6) is 5.75 Å². The summed E-state index contributed by atoms with van der Waals surface area (Å²) in [7, 11) is 1.66. The number of ether oxygens (including phenoxy) is 2. The van der Waals surface area contributed by atoms with Crippen LogP contribution in [0.1, 0.15) is 15.9 Å². The fourth-order valence-electron chi connectivity index (χ4n) is 3.97. The first kappa shape index (κ1) is 18.8. The normalized spacial score (nSPS) is 15.6. The topological polar surface area (TPSA) is 40.5 Å². The first-order valence-corrected chi connectivity index (χ1v) is 10.9. The Labute approximate surface area is 179 Å².